The topological polar surface area (TPSA) is 77.6 Å². The lowest BCUT2D eigenvalue weighted by Gasteiger charge is -2.10. The van der Waals surface area contributed by atoms with Crippen molar-refractivity contribution >= 4 is 22.6 Å². The zero-order valence-electron chi connectivity index (χ0n) is 14.8. The Hall–Kier alpha value is -3.48. The van der Waals surface area contributed by atoms with Gasteiger partial charge in [-0.3, -0.25) is 4.79 Å². The maximum Gasteiger partial charge on any atom is 0.257 e. The van der Waals surface area contributed by atoms with Crippen LogP contribution in [0.2, 0.25) is 0 Å². The highest BCUT2D eigenvalue weighted by atomic mass is 16.1. The van der Waals surface area contributed by atoms with Gasteiger partial charge in [0, 0.05) is 24.8 Å². The normalized spacial score (nSPS) is 13.8. The van der Waals surface area contributed by atoms with Crippen LogP contribution < -0.4 is 5.32 Å². The SMILES string of the molecule is Cn1nnc2cc(NC(=O)c3ccccc3-n3ccc(C4CC4)n3)ccc21. The van der Waals surface area contributed by atoms with E-state index in [-0.39, 0.29) is 5.91 Å². The Labute approximate surface area is 155 Å². The van der Waals surface area contributed by atoms with Crippen LogP contribution in [0.4, 0.5) is 5.69 Å². The minimum absolute atomic E-state index is 0.183. The quantitative estimate of drug-likeness (QED) is 0.607. The molecule has 1 saturated carbocycles. The third-order valence-corrected chi connectivity index (χ3v) is 4.87. The van der Waals surface area contributed by atoms with Gasteiger partial charge in [-0.05, 0) is 49.2 Å². The molecule has 1 aliphatic carbocycles. The fourth-order valence-electron chi connectivity index (χ4n) is 3.25. The second kappa shape index (κ2) is 6.05. The van der Waals surface area contributed by atoms with Crippen molar-refractivity contribution in [3.8, 4) is 5.69 Å². The van der Waals surface area contributed by atoms with Gasteiger partial charge in [0.05, 0.1) is 22.5 Å². The highest BCUT2D eigenvalue weighted by molar-refractivity contribution is 6.07. The van der Waals surface area contributed by atoms with Gasteiger partial charge >= 0.3 is 0 Å². The lowest BCUT2D eigenvalue weighted by Crippen LogP contribution is -2.15. The number of para-hydroxylation sites is 1. The average molecular weight is 358 g/mol. The number of amides is 1. The molecule has 7 heteroatoms. The van der Waals surface area contributed by atoms with Crippen molar-refractivity contribution in [3.63, 3.8) is 0 Å². The van der Waals surface area contributed by atoms with Crippen molar-refractivity contribution in [2.24, 2.45) is 7.05 Å². The van der Waals surface area contributed by atoms with Gasteiger partial charge in [-0.15, -0.1) is 5.10 Å². The zero-order valence-corrected chi connectivity index (χ0v) is 14.8. The fourth-order valence-corrected chi connectivity index (χ4v) is 3.25. The number of hydrogen-bond acceptors (Lipinski definition) is 4. The maximum absolute atomic E-state index is 12.9. The Morgan fingerprint density at radius 2 is 2.00 bits per heavy atom. The number of anilines is 1. The van der Waals surface area contributed by atoms with Crippen molar-refractivity contribution in [2.75, 3.05) is 5.32 Å². The first-order chi connectivity index (χ1) is 13.2. The minimum atomic E-state index is -0.183. The molecular formula is C20H18N6O. The molecule has 0 spiro atoms. The zero-order chi connectivity index (χ0) is 18.4. The molecule has 2 heterocycles. The Morgan fingerprint density at radius 1 is 1.15 bits per heavy atom. The van der Waals surface area contributed by atoms with Crippen LogP contribution in [0, 0.1) is 0 Å². The summed E-state index contributed by atoms with van der Waals surface area (Å²) >= 11 is 0. The monoisotopic (exact) mass is 358 g/mol. The van der Waals surface area contributed by atoms with Gasteiger partial charge in [-0.1, -0.05) is 17.3 Å². The number of fused-ring (bicyclic) bond motifs is 1. The average Bonchev–Trinajstić information content (AvgIpc) is 3.31. The summed E-state index contributed by atoms with van der Waals surface area (Å²) in [6.07, 6.45) is 4.32. The van der Waals surface area contributed by atoms with Crippen LogP contribution in [0.15, 0.2) is 54.7 Å². The molecule has 0 unspecified atom stereocenters. The molecule has 1 N–H and O–H groups in total. The van der Waals surface area contributed by atoms with Crippen LogP contribution in [0.25, 0.3) is 16.7 Å². The van der Waals surface area contributed by atoms with Crippen molar-refractivity contribution < 1.29 is 4.79 Å². The van der Waals surface area contributed by atoms with E-state index in [0.717, 1.165) is 22.4 Å². The van der Waals surface area contributed by atoms with Crippen LogP contribution >= 0.6 is 0 Å². The second-order valence-electron chi connectivity index (χ2n) is 6.85. The van der Waals surface area contributed by atoms with Crippen molar-refractivity contribution in [1.82, 2.24) is 24.8 Å². The van der Waals surface area contributed by atoms with Crippen molar-refractivity contribution in [3.05, 3.63) is 66.0 Å². The van der Waals surface area contributed by atoms with E-state index >= 15 is 0 Å². The molecule has 0 aliphatic heterocycles. The van der Waals surface area contributed by atoms with E-state index < -0.39 is 0 Å². The largest absolute Gasteiger partial charge is 0.322 e. The number of rotatable bonds is 4. The molecule has 134 valence electrons. The Kier molecular flexibility index (Phi) is 3.53. The first-order valence-corrected chi connectivity index (χ1v) is 8.95. The van der Waals surface area contributed by atoms with Gasteiger partial charge in [-0.25, -0.2) is 9.36 Å². The van der Waals surface area contributed by atoms with Gasteiger partial charge in [0.1, 0.15) is 5.52 Å². The molecule has 0 radical (unpaired) electrons. The molecule has 2 aromatic carbocycles. The summed E-state index contributed by atoms with van der Waals surface area (Å²) < 4.78 is 3.49. The standard InChI is InChI=1S/C20H18N6O/c1-25-19-9-8-14(12-17(19)22-24-25)21-20(27)15-4-2-3-5-18(15)26-11-10-16(23-26)13-6-7-13/h2-5,8-13H,6-7H2,1H3,(H,21,27). The first-order valence-electron chi connectivity index (χ1n) is 8.95. The number of aryl methyl sites for hydroxylation is 1. The predicted molar refractivity (Wildman–Crippen MR) is 102 cm³/mol. The lowest BCUT2D eigenvalue weighted by molar-refractivity contribution is 0.102. The van der Waals surface area contributed by atoms with Gasteiger partial charge in [0.2, 0.25) is 0 Å². The Balaban J connectivity index is 1.45. The summed E-state index contributed by atoms with van der Waals surface area (Å²) in [4.78, 5) is 12.9. The van der Waals surface area contributed by atoms with E-state index in [1.807, 2.05) is 61.8 Å². The van der Waals surface area contributed by atoms with Gasteiger partial charge < -0.3 is 5.32 Å². The summed E-state index contributed by atoms with van der Waals surface area (Å²) in [7, 11) is 1.84. The Morgan fingerprint density at radius 3 is 2.85 bits per heavy atom. The maximum atomic E-state index is 12.9. The smallest absolute Gasteiger partial charge is 0.257 e. The lowest BCUT2D eigenvalue weighted by atomic mass is 10.1. The number of aromatic nitrogens is 5. The third-order valence-electron chi connectivity index (χ3n) is 4.87. The highest BCUT2D eigenvalue weighted by Crippen LogP contribution is 2.39. The molecule has 2 aromatic heterocycles. The summed E-state index contributed by atoms with van der Waals surface area (Å²) in [5.74, 6) is 0.392. The van der Waals surface area contributed by atoms with E-state index in [1.54, 1.807) is 9.36 Å². The number of carbonyl (C=O) groups excluding carboxylic acids is 1. The summed E-state index contributed by atoms with van der Waals surface area (Å²) in [6, 6.07) is 15.1. The summed E-state index contributed by atoms with van der Waals surface area (Å²) in [5, 5.41) is 15.7. The van der Waals surface area contributed by atoms with E-state index in [9.17, 15) is 4.79 Å². The number of benzene rings is 2. The molecule has 27 heavy (non-hydrogen) atoms. The summed E-state index contributed by atoms with van der Waals surface area (Å²) in [5.41, 5.74) is 4.77. The first kappa shape index (κ1) is 15.7. The molecular weight excluding hydrogens is 340 g/mol. The predicted octanol–water partition coefficient (Wildman–Crippen LogP) is 3.28. The molecule has 0 bridgehead atoms. The highest BCUT2D eigenvalue weighted by Gasteiger charge is 2.26. The van der Waals surface area contributed by atoms with E-state index in [0.29, 0.717) is 17.2 Å². The van der Waals surface area contributed by atoms with Gasteiger partial charge in [-0.2, -0.15) is 5.10 Å². The second-order valence-corrected chi connectivity index (χ2v) is 6.85. The van der Waals surface area contributed by atoms with E-state index in [1.165, 1.54) is 12.8 Å². The van der Waals surface area contributed by atoms with Crippen LogP contribution in [0.3, 0.4) is 0 Å². The van der Waals surface area contributed by atoms with E-state index in [4.69, 9.17) is 0 Å². The van der Waals surface area contributed by atoms with Crippen LogP contribution in [0.1, 0.15) is 34.8 Å². The number of hydrogen-bond donors (Lipinski definition) is 1. The molecule has 1 amide bonds. The Bertz CT molecular complexity index is 1150. The van der Waals surface area contributed by atoms with Crippen molar-refractivity contribution in [2.45, 2.75) is 18.8 Å². The van der Waals surface area contributed by atoms with Gasteiger partial charge in [0.15, 0.2) is 0 Å². The van der Waals surface area contributed by atoms with E-state index in [2.05, 4.69) is 20.7 Å². The molecule has 4 aromatic rings. The van der Waals surface area contributed by atoms with Crippen LogP contribution in [-0.2, 0) is 7.05 Å². The van der Waals surface area contributed by atoms with Crippen LogP contribution in [-0.4, -0.2) is 30.7 Å². The third kappa shape index (κ3) is 2.87. The minimum Gasteiger partial charge on any atom is -0.322 e. The molecule has 1 aliphatic rings. The molecule has 1 fully saturated rings. The molecule has 0 atom stereocenters. The fraction of sp³-hybridized carbons (Fsp3) is 0.200. The number of nitrogens with zero attached hydrogens (tertiary/aromatic N) is 5. The van der Waals surface area contributed by atoms with Gasteiger partial charge in [0.25, 0.3) is 5.91 Å². The van der Waals surface area contributed by atoms with Crippen LogP contribution in [0.5, 0.6) is 0 Å². The van der Waals surface area contributed by atoms with Crippen molar-refractivity contribution in [1.29, 1.82) is 0 Å². The molecule has 5 rings (SSSR count). The number of nitrogens with one attached hydrogen (secondary N) is 1. The summed E-state index contributed by atoms with van der Waals surface area (Å²) in [6.45, 7) is 0. The number of carbonyl (C=O) groups is 1. The molecule has 7 nitrogen and oxygen atoms in total. The molecule has 0 saturated heterocycles.